The van der Waals surface area contributed by atoms with Gasteiger partial charge in [-0.15, -0.1) is 0 Å². The predicted octanol–water partition coefficient (Wildman–Crippen LogP) is 3.23. The first kappa shape index (κ1) is 15.1. The van der Waals surface area contributed by atoms with Gasteiger partial charge in [0.15, 0.2) is 0 Å². The Bertz CT molecular complexity index is 438. The molecule has 0 aliphatic carbocycles. The third kappa shape index (κ3) is 5.95. The zero-order valence-corrected chi connectivity index (χ0v) is 11.1. The molecule has 19 heavy (non-hydrogen) atoms. The minimum Gasteiger partial charge on any atom is -0.508 e. The molecular weight excluding hydrogens is 244 g/mol. The lowest BCUT2D eigenvalue weighted by Crippen LogP contribution is -2.02. The summed E-state index contributed by atoms with van der Waals surface area (Å²) in [7, 11) is 0. The number of hydrogen-bond acceptors (Lipinski definition) is 4. The minimum absolute atomic E-state index is 0.00444. The summed E-state index contributed by atoms with van der Waals surface area (Å²) < 4.78 is 5.01. The van der Waals surface area contributed by atoms with Crippen molar-refractivity contribution in [3.8, 4) is 11.5 Å². The largest absolute Gasteiger partial charge is 0.508 e. The van der Waals surface area contributed by atoms with E-state index < -0.39 is 5.97 Å². The Morgan fingerprint density at radius 2 is 2.05 bits per heavy atom. The summed E-state index contributed by atoms with van der Waals surface area (Å²) in [6, 6.07) is 4.12. The van der Waals surface area contributed by atoms with Crippen LogP contribution < -0.4 is 0 Å². The average Bonchev–Trinajstić information content (AvgIpc) is 2.39. The fraction of sp³-hybridized carbons (Fsp3) is 0.400. The molecule has 0 saturated carbocycles. The summed E-state index contributed by atoms with van der Waals surface area (Å²) in [5.41, 5.74) is 0.378. The van der Waals surface area contributed by atoms with Crippen molar-refractivity contribution in [1.82, 2.24) is 0 Å². The van der Waals surface area contributed by atoms with E-state index in [1.165, 1.54) is 30.4 Å². The molecule has 1 aromatic rings. The highest BCUT2D eigenvalue weighted by molar-refractivity contribution is 5.87. The van der Waals surface area contributed by atoms with Gasteiger partial charge in [-0.2, -0.15) is 0 Å². The van der Waals surface area contributed by atoms with Crippen LogP contribution in [-0.4, -0.2) is 22.8 Å². The lowest BCUT2D eigenvalue weighted by Gasteiger charge is -2.02. The van der Waals surface area contributed by atoms with Crippen molar-refractivity contribution in [2.75, 3.05) is 6.61 Å². The zero-order valence-electron chi connectivity index (χ0n) is 11.1. The van der Waals surface area contributed by atoms with Crippen LogP contribution in [0, 0.1) is 0 Å². The molecule has 0 saturated heterocycles. The molecule has 4 nitrogen and oxygen atoms in total. The number of phenolic OH excluding ortho intramolecular Hbond substituents is 2. The van der Waals surface area contributed by atoms with Crippen molar-refractivity contribution in [3.05, 3.63) is 29.8 Å². The van der Waals surface area contributed by atoms with E-state index in [9.17, 15) is 15.0 Å². The molecule has 0 aromatic heterocycles. The van der Waals surface area contributed by atoms with E-state index in [-0.39, 0.29) is 11.5 Å². The highest BCUT2D eigenvalue weighted by Crippen LogP contribution is 2.23. The van der Waals surface area contributed by atoms with Crippen LogP contribution in [0.4, 0.5) is 0 Å². The predicted molar refractivity (Wildman–Crippen MR) is 73.9 cm³/mol. The Morgan fingerprint density at radius 1 is 1.26 bits per heavy atom. The van der Waals surface area contributed by atoms with Crippen molar-refractivity contribution in [2.45, 2.75) is 32.6 Å². The number of aromatic hydroxyl groups is 2. The third-order valence-corrected chi connectivity index (χ3v) is 2.65. The molecule has 0 unspecified atom stereocenters. The van der Waals surface area contributed by atoms with E-state index in [4.69, 9.17) is 4.74 Å². The first-order chi connectivity index (χ1) is 9.13. The van der Waals surface area contributed by atoms with Gasteiger partial charge in [-0.05, 0) is 30.7 Å². The quantitative estimate of drug-likeness (QED) is 0.343. The molecule has 0 amide bonds. The number of benzene rings is 1. The number of carbonyl (C=O) groups is 1. The summed E-state index contributed by atoms with van der Waals surface area (Å²) in [4.78, 5) is 11.4. The van der Waals surface area contributed by atoms with Gasteiger partial charge in [0.05, 0.1) is 6.61 Å². The zero-order chi connectivity index (χ0) is 14.1. The number of carbonyl (C=O) groups excluding carboxylic acids is 1. The number of ether oxygens (including phenoxy) is 1. The fourth-order valence-electron chi connectivity index (χ4n) is 1.58. The van der Waals surface area contributed by atoms with Gasteiger partial charge in [-0.25, -0.2) is 4.79 Å². The number of rotatable bonds is 7. The van der Waals surface area contributed by atoms with E-state index in [0.29, 0.717) is 12.2 Å². The minimum atomic E-state index is -0.445. The van der Waals surface area contributed by atoms with Crippen molar-refractivity contribution >= 4 is 12.0 Å². The van der Waals surface area contributed by atoms with Gasteiger partial charge in [0, 0.05) is 11.6 Å². The molecule has 0 aliphatic rings. The van der Waals surface area contributed by atoms with Crippen LogP contribution in [0.1, 0.15) is 38.2 Å². The molecule has 1 aromatic carbocycles. The van der Waals surface area contributed by atoms with Crippen LogP contribution in [0.5, 0.6) is 11.5 Å². The molecule has 2 N–H and O–H groups in total. The van der Waals surface area contributed by atoms with Gasteiger partial charge < -0.3 is 14.9 Å². The monoisotopic (exact) mass is 264 g/mol. The van der Waals surface area contributed by atoms with E-state index in [2.05, 4.69) is 6.92 Å². The normalized spacial score (nSPS) is 10.8. The van der Waals surface area contributed by atoms with Crippen molar-refractivity contribution in [1.29, 1.82) is 0 Å². The van der Waals surface area contributed by atoms with E-state index in [1.54, 1.807) is 0 Å². The first-order valence-corrected chi connectivity index (χ1v) is 6.50. The first-order valence-electron chi connectivity index (χ1n) is 6.50. The van der Waals surface area contributed by atoms with Gasteiger partial charge in [0.2, 0.25) is 0 Å². The topological polar surface area (TPSA) is 66.8 Å². The van der Waals surface area contributed by atoms with E-state index >= 15 is 0 Å². The molecule has 1 rings (SSSR count). The molecule has 4 heteroatoms. The van der Waals surface area contributed by atoms with Gasteiger partial charge in [0.25, 0.3) is 0 Å². The summed E-state index contributed by atoms with van der Waals surface area (Å²) in [5.74, 6) is -0.408. The van der Waals surface area contributed by atoms with Gasteiger partial charge in [-0.3, -0.25) is 0 Å². The Hall–Kier alpha value is -1.97. The Labute approximate surface area is 113 Å². The molecule has 0 radical (unpaired) electrons. The second-order valence-corrected chi connectivity index (χ2v) is 4.30. The molecule has 0 heterocycles. The second-order valence-electron chi connectivity index (χ2n) is 4.30. The van der Waals surface area contributed by atoms with Gasteiger partial charge >= 0.3 is 5.97 Å². The maximum Gasteiger partial charge on any atom is 0.330 e. The smallest absolute Gasteiger partial charge is 0.330 e. The van der Waals surface area contributed by atoms with Crippen LogP contribution >= 0.6 is 0 Å². The molecule has 0 fully saturated rings. The summed E-state index contributed by atoms with van der Waals surface area (Å²) in [5, 5.41) is 18.8. The van der Waals surface area contributed by atoms with Crippen molar-refractivity contribution < 1.29 is 19.7 Å². The SMILES string of the molecule is CCCCCCOC(=O)C=Cc1cc(O)ccc1O. The third-order valence-electron chi connectivity index (χ3n) is 2.65. The fourth-order valence-corrected chi connectivity index (χ4v) is 1.58. The lowest BCUT2D eigenvalue weighted by molar-refractivity contribution is -0.137. The number of unbranched alkanes of at least 4 members (excludes halogenated alkanes) is 3. The lowest BCUT2D eigenvalue weighted by atomic mass is 10.2. The summed E-state index contributed by atoms with van der Waals surface area (Å²) in [6.07, 6.45) is 6.87. The highest BCUT2D eigenvalue weighted by Gasteiger charge is 2.01. The van der Waals surface area contributed by atoms with Gasteiger partial charge in [-0.1, -0.05) is 26.2 Å². The van der Waals surface area contributed by atoms with Gasteiger partial charge in [0.1, 0.15) is 11.5 Å². The Balaban J connectivity index is 2.39. The van der Waals surface area contributed by atoms with Crippen molar-refractivity contribution in [3.63, 3.8) is 0 Å². The Morgan fingerprint density at radius 3 is 2.79 bits per heavy atom. The van der Waals surface area contributed by atoms with Crippen LogP contribution in [-0.2, 0) is 9.53 Å². The average molecular weight is 264 g/mol. The standard InChI is InChI=1S/C15H20O4/c1-2-3-4-5-10-19-15(18)9-6-12-11-13(16)7-8-14(12)17/h6-9,11,16-17H,2-5,10H2,1H3. The van der Waals surface area contributed by atoms with E-state index in [1.807, 2.05) is 0 Å². The molecule has 0 bridgehead atoms. The summed E-state index contributed by atoms with van der Waals surface area (Å²) in [6.45, 7) is 2.53. The number of phenols is 2. The van der Waals surface area contributed by atoms with Crippen LogP contribution in [0.15, 0.2) is 24.3 Å². The number of hydrogen-bond donors (Lipinski definition) is 2. The molecule has 104 valence electrons. The maximum absolute atomic E-state index is 11.4. The highest BCUT2D eigenvalue weighted by atomic mass is 16.5. The molecule has 0 spiro atoms. The maximum atomic E-state index is 11.4. The van der Waals surface area contributed by atoms with E-state index in [0.717, 1.165) is 25.7 Å². The number of esters is 1. The van der Waals surface area contributed by atoms with Crippen LogP contribution in [0.3, 0.4) is 0 Å². The van der Waals surface area contributed by atoms with Crippen LogP contribution in [0.2, 0.25) is 0 Å². The molecule has 0 atom stereocenters. The van der Waals surface area contributed by atoms with Crippen molar-refractivity contribution in [2.24, 2.45) is 0 Å². The summed E-state index contributed by atoms with van der Waals surface area (Å²) >= 11 is 0. The molecule has 0 aliphatic heterocycles. The van der Waals surface area contributed by atoms with Crippen LogP contribution in [0.25, 0.3) is 6.08 Å². The Kier molecular flexibility index (Phi) is 6.50. The second kappa shape index (κ2) is 8.19. The molecular formula is C15H20O4.